The molecule has 1 aromatic rings. The fourth-order valence-electron chi connectivity index (χ4n) is 1.41. The summed E-state index contributed by atoms with van der Waals surface area (Å²) in [6, 6.07) is 1.84. The average Bonchev–Trinajstić information content (AvgIpc) is 2.25. The summed E-state index contributed by atoms with van der Waals surface area (Å²) in [7, 11) is 0. The van der Waals surface area contributed by atoms with Gasteiger partial charge >= 0.3 is 0 Å². The predicted molar refractivity (Wildman–Crippen MR) is 74.5 cm³/mol. The van der Waals surface area contributed by atoms with E-state index in [0.717, 1.165) is 0 Å². The van der Waals surface area contributed by atoms with Gasteiger partial charge in [-0.3, -0.25) is 0 Å². The van der Waals surface area contributed by atoms with E-state index >= 15 is 0 Å². The molecular formula is C13H24N4O. The summed E-state index contributed by atoms with van der Waals surface area (Å²) in [6.45, 7) is 10.3. The Morgan fingerprint density at radius 2 is 1.94 bits per heavy atom. The first-order chi connectivity index (χ1) is 8.24. The fraction of sp³-hybridized carbons (Fsp3) is 0.692. The van der Waals surface area contributed by atoms with Gasteiger partial charge in [-0.15, -0.1) is 0 Å². The van der Waals surface area contributed by atoms with Gasteiger partial charge in [0, 0.05) is 24.1 Å². The van der Waals surface area contributed by atoms with Gasteiger partial charge in [0.25, 0.3) is 0 Å². The Kier molecular flexibility index (Phi) is 4.51. The zero-order valence-corrected chi connectivity index (χ0v) is 11.9. The number of nitrogens with one attached hydrogen (secondary N) is 1. The number of nitrogens with zero attached hydrogens (tertiary/aromatic N) is 2. The van der Waals surface area contributed by atoms with Gasteiger partial charge in [0.05, 0.1) is 0 Å². The highest BCUT2D eigenvalue weighted by Crippen LogP contribution is 2.22. The van der Waals surface area contributed by atoms with Crippen molar-refractivity contribution in [3.63, 3.8) is 0 Å². The third kappa shape index (κ3) is 3.84. The van der Waals surface area contributed by atoms with E-state index in [1.165, 1.54) is 0 Å². The van der Waals surface area contributed by atoms with Crippen molar-refractivity contribution >= 4 is 11.6 Å². The van der Waals surface area contributed by atoms with Crippen molar-refractivity contribution in [1.82, 2.24) is 9.97 Å². The predicted octanol–water partition coefficient (Wildman–Crippen LogP) is 1.79. The van der Waals surface area contributed by atoms with Gasteiger partial charge in [-0.1, -0.05) is 27.7 Å². The quantitative estimate of drug-likeness (QED) is 0.760. The lowest BCUT2D eigenvalue weighted by molar-refractivity contribution is 0.226. The van der Waals surface area contributed by atoms with E-state index in [-0.39, 0.29) is 24.0 Å². The van der Waals surface area contributed by atoms with Crippen LogP contribution in [0.1, 0.15) is 40.4 Å². The normalized spacial score (nSPS) is 15.2. The van der Waals surface area contributed by atoms with Crippen LogP contribution in [0.15, 0.2) is 6.07 Å². The van der Waals surface area contributed by atoms with Crippen LogP contribution in [0.25, 0.3) is 0 Å². The summed E-state index contributed by atoms with van der Waals surface area (Å²) < 4.78 is 0. The molecule has 1 aromatic heterocycles. The Labute approximate surface area is 109 Å². The summed E-state index contributed by atoms with van der Waals surface area (Å²) in [6.07, 6.45) is 0. The number of aliphatic hydroxyl groups is 1. The molecule has 0 aliphatic carbocycles. The third-order valence-corrected chi connectivity index (χ3v) is 2.93. The van der Waals surface area contributed by atoms with E-state index in [4.69, 9.17) is 10.8 Å². The molecule has 0 fully saturated rings. The fourth-order valence-corrected chi connectivity index (χ4v) is 1.41. The number of aromatic nitrogens is 2. The van der Waals surface area contributed by atoms with Crippen LogP contribution in [0, 0.1) is 5.92 Å². The first-order valence-electron chi connectivity index (χ1n) is 6.26. The maximum absolute atomic E-state index is 9.12. The molecule has 102 valence electrons. The van der Waals surface area contributed by atoms with Gasteiger partial charge in [-0.25, -0.2) is 9.97 Å². The molecular weight excluding hydrogens is 228 g/mol. The van der Waals surface area contributed by atoms with Crippen molar-refractivity contribution < 1.29 is 5.11 Å². The number of rotatable bonds is 4. The summed E-state index contributed by atoms with van der Waals surface area (Å²) >= 11 is 0. The minimum Gasteiger partial charge on any atom is -0.396 e. The topological polar surface area (TPSA) is 84.1 Å². The molecule has 0 bridgehead atoms. The van der Waals surface area contributed by atoms with Crippen LogP contribution in [0.4, 0.5) is 11.6 Å². The molecule has 18 heavy (non-hydrogen) atoms. The van der Waals surface area contributed by atoms with Crippen molar-refractivity contribution in [1.29, 1.82) is 0 Å². The highest BCUT2D eigenvalue weighted by molar-refractivity contribution is 5.46. The molecule has 0 radical (unpaired) electrons. The highest BCUT2D eigenvalue weighted by atomic mass is 16.3. The molecule has 1 heterocycles. The standard InChI is InChI=1S/C13H24N4O/c1-8(7-18)9(2)15-11-6-10(14)16-12(17-11)13(3,4)5/h6,8-9,18H,7H2,1-5H3,(H3,14,15,16,17). The first-order valence-corrected chi connectivity index (χ1v) is 6.26. The van der Waals surface area contributed by atoms with Crippen LogP contribution < -0.4 is 11.1 Å². The zero-order chi connectivity index (χ0) is 13.9. The summed E-state index contributed by atoms with van der Waals surface area (Å²) in [5, 5.41) is 12.4. The molecule has 2 unspecified atom stereocenters. The number of hydrogen-bond acceptors (Lipinski definition) is 5. The van der Waals surface area contributed by atoms with Gasteiger partial charge < -0.3 is 16.2 Å². The third-order valence-electron chi connectivity index (χ3n) is 2.93. The summed E-state index contributed by atoms with van der Waals surface area (Å²) in [5.41, 5.74) is 5.66. The minimum atomic E-state index is -0.141. The smallest absolute Gasteiger partial charge is 0.138 e. The lowest BCUT2D eigenvalue weighted by atomic mass is 9.96. The van der Waals surface area contributed by atoms with Crippen molar-refractivity contribution in [2.24, 2.45) is 5.92 Å². The number of anilines is 2. The summed E-state index contributed by atoms with van der Waals surface area (Å²) in [5.74, 6) is 2.04. The lowest BCUT2D eigenvalue weighted by Crippen LogP contribution is -2.27. The molecule has 0 saturated heterocycles. The minimum absolute atomic E-state index is 0.122. The van der Waals surface area contributed by atoms with Gasteiger partial charge in [-0.05, 0) is 12.8 Å². The molecule has 5 nitrogen and oxygen atoms in total. The maximum atomic E-state index is 9.12. The van der Waals surface area contributed by atoms with E-state index in [2.05, 4.69) is 15.3 Å². The Morgan fingerprint density at radius 1 is 1.33 bits per heavy atom. The molecule has 1 rings (SSSR count). The molecule has 0 saturated carbocycles. The molecule has 2 atom stereocenters. The van der Waals surface area contributed by atoms with Crippen LogP contribution in [0.3, 0.4) is 0 Å². The van der Waals surface area contributed by atoms with Crippen molar-refractivity contribution in [3.8, 4) is 0 Å². The molecule has 0 amide bonds. The van der Waals surface area contributed by atoms with Crippen LogP contribution in [-0.4, -0.2) is 27.7 Å². The second-order valence-electron chi connectivity index (χ2n) is 5.84. The zero-order valence-electron chi connectivity index (χ0n) is 11.9. The Bertz CT molecular complexity index is 400. The summed E-state index contributed by atoms with van der Waals surface area (Å²) in [4.78, 5) is 8.73. The van der Waals surface area contributed by atoms with E-state index in [1.54, 1.807) is 6.07 Å². The monoisotopic (exact) mass is 252 g/mol. The highest BCUT2D eigenvalue weighted by Gasteiger charge is 2.19. The SMILES string of the molecule is CC(CO)C(C)Nc1cc(N)nc(C(C)(C)C)n1. The molecule has 4 N–H and O–H groups in total. The molecule has 0 aliphatic rings. The Balaban J connectivity index is 2.94. The number of aliphatic hydroxyl groups excluding tert-OH is 1. The lowest BCUT2D eigenvalue weighted by Gasteiger charge is -2.22. The maximum Gasteiger partial charge on any atom is 0.138 e. The van der Waals surface area contributed by atoms with Crippen molar-refractivity contribution in [3.05, 3.63) is 11.9 Å². The van der Waals surface area contributed by atoms with Crippen molar-refractivity contribution in [2.45, 2.75) is 46.1 Å². The van der Waals surface area contributed by atoms with Gasteiger partial charge in [0.1, 0.15) is 17.5 Å². The second kappa shape index (κ2) is 5.52. The largest absolute Gasteiger partial charge is 0.396 e. The van der Waals surface area contributed by atoms with Crippen LogP contribution in [0.2, 0.25) is 0 Å². The molecule has 0 spiro atoms. The van der Waals surface area contributed by atoms with E-state index in [9.17, 15) is 0 Å². The van der Waals surface area contributed by atoms with E-state index < -0.39 is 0 Å². The molecule has 0 aromatic carbocycles. The van der Waals surface area contributed by atoms with E-state index in [0.29, 0.717) is 17.5 Å². The van der Waals surface area contributed by atoms with E-state index in [1.807, 2.05) is 34.6 Å². The number of nitrogen functional groups attached to an aromatic ring is 1. The van der Waals surface area contributed by atoms with Gasteiger partial charge in [0.2, 0.25) is 0 Å². The van der Waals surface area contributed by atoms with Crippen LogP contribution in [-0.2, 0) is 5.41 Å². The number of hydrogen-bond donors (Lipinski definition) is 3. The molecule has 0 aliphatic heterocycles. The first kappa shape index (κ1) is 14.7. The van der Waals surface area contributed by atoms with Gasteiger partial charge in [0.15, 0.2) is 0 Å². The number of nitrogens with two attached hydrogens (primary N) is 1. The Hall–Kier alpha value is -1.36. The van der Waals surface area contributed by atoms with Crippen molar-refractivity contribution in [2.75, 3.05) is 17.7 Å². The molecule has 5 heteroatoms. The second-order valence-corrected chi connectivity index (χ2v) is 5.84. The Morgan fingerprint density at radius 3 is 2.44 bits per heavy atom. The van der Waals surface area contributed by atoms with Crippen LogP contribution >= 0.6 is 0 Å². The van der Waals surface area contributed by atoms with Gasteiger partial charge in [-0.2, -0.15) is 0 Å². The van der Waals surface area contributed by atoms with Crippen LogP contribution in [0.5, 0.6) is 0 Å². The average molecular weight is 252 g/mol.